The number of carbonyl (C=O) groups excluding carboxylic acids is 1. The predicted molar refractivity (Wildman–Crippen MR) is 74.4 cm³/mol. The van der Waals surface area contributed by atoms with Crippen molar-refractivity contribution in [1.82, 2.24) is 0 Å². The summed E-state index contributed by atoms with van der Waals surface area (Å²) in [7, 11) is 1.81. The highest BCUT2D eigenvalue weighted by Gasteiger charge is 2.46. The van der Waals surface area contributed by atoms with Gasteiger partial charge in [-0.1, -0.05) is 42.5 Å². The van der Waals surface area contributed by atoms with Gasteiger partial charge >= 0.3 is 0 Å². The molecule has 3 rings (SSSR count). The first kappa shape index (κ1) is 11.9. The molecule has 2 aromatic carbocycles. The van der Waals surface area contributed by atoms with Gasteiger partial charge < -0.3 is 10.1 Å². The van der Waals surface area contributed by atoms with Crippen LogP contribution in [0.15, 0.2) is 54.6 Å². The van der Waals surface area contributed by atoms with Crippen LogP contribution in [0.2, 0.25) is 0 Å². The Bertz CT molecular complexity index is 595. The quantitative estimate of drug-likeness (QED) is 0.672. The standard InChI is InChI=1S/C16H15NO2/c1-17-13-10-6-5-9-12(13)14(18)16-15(19-16)11-7-3-2-4-8-11/h2-10,15-17H,1H3/t15-,16-/m1/s1. The molecule has 19 heavy (non-hydrogen) atoms. The molecule has 2 aromatic rings. The van der Waals surface area contributed by atoms with Gasteiger partial charge in [0.05, 0.1) is 0 Å². The molecule has 1 heterocycles. The van der Waals surface area contributed by atoms with Crippen molar-refractivity contribution in [3.05, 3.63) is 65.7 Å². The summed E-state index contributed by atoms with van der Waals surface area (Å²) >= 11 is 0. The molecule has 96 valence electrons. The number of hydrogen-bond acceptors (Lipinski definition) is 3. The smallest absolute Gasteiger partial charge is 0.196 e. The molecule has 0 aromatic heterocycles. The first-order valence-corrected chi connectivity index (χ1v) is 6.32. The minimum Gasteiger partial charge on any atom is -0.388 e. The lowest BCUT2D eigenvalue weighted by Crippen LogP contribution is -2.10. The monoisotopic (exact) mass is 253 g/mol. The topological polar surface area (TPSA) is 41.6 Å². The average Bonchev–Trinajstić information content (AvgIpc) is 3.28. The molecular weight excluding hydrogens is 238 g/mol. The number of carbonyl (C=O) groups is 1. The lowest BCUT2D eigenvalue weighted by Gasteiger charge is -2.06. The van der Waals surface area contributed by atoms with Gasteiger partial charge in [0.2, 0.25) is 0 Å². The lowest BCUT2D eigenvalue weighted by atomic mass is 10.0. The molecule has 1 N–H and O–H groups in total. The molecule has 1 fully saturated rings. The Hall–Kier alpha value is -2.13. The maximum atomic E-state index is 12.4. The van der Waals surface area contributed by atoms with Gasteiger partial charge in [-0.15, -0.1) is 0 Å². The Morgan fingerprint density at radius 1 is 1.05 bits per heavy atom. The first-order valence-electron chi connectivity index (χ1n) is 6.32. The Kier molecular flexibility index (Phi) is 3.05. The van der Waals surface area contributed by atoms with Crippen molar-refractivity contribution < 1.29 is 9.53 Å². The zero-order valence-corrected chi connectivity index (χ0v) is 10.7. The molecule has 1 aliphatic rings. The Morgan fingerprint density at radius 3 is 2.47 bits per heavy atom. The van der Waals surface area contributed by atoms with Gasteiger partial charge in [0.15, 0.2) is 11.9 Å². The third-order valence-electron chi connectivity index (χ3n) is 3.34. The van der Waals surface area contributed by atoms with E-state index < -0.39 is 0 Å². The number of ketones is 1. The van der Waals surface area contributed by atoms with E-state index in [1.54, 1.807) is 0 Å². The summed E-state index contributed by atoms with van der Waals surface area (Å²) in [5.41, 5.74) is 2.59. The van der Waals surface area contributed by atoms with Gasteiger partial charge in [-0.25, -0.2) is 0 Å². The van der Waals surface area contributed by atoms with E-state index in [4.69, 9.17) is 4.74 Å². The zero-order chi connectivity index (χ0) is 13.2. The summed E-state index contributed by atoms with van der Waals surface area (Å²) in [6.45, 7) is 0. The molecular formula is C16H15NO2. The van der Waals surface area contributed by atoms with E-state index in [-0.39, 0.29) is 18.0 Å². The van der Waals surface area contributed by atoms with Crippen molar-refractivity contribution in [2.45, 2.75) is 12.2 Å². The number of para-hydroxylation sites is 1. The number of ether oxygens (including phenoxy) is 1. The second-order valence-electron chi connectivity index (χ2n) is 4.55. The van der Waals surface area contributed by atoms with Crippen LogP contribution in [-0.4, -0.2) is 18.9 Å². The van der Waals surface area contributed by atoms with Crippen molar-refractivity contribution in [2.24, 2.45) is 0 Å². The molecule has 1 aliphatic heterocycles. The largest absolute Gasteiger partial charge is 0.388 e. The molecule has 3 heteroatoms. The number of rotatable bonds is 4. The van der Waals surface area contributed by atoms with Gasteiger partial charge in [0.1, 0.15) is 6.10 Å². The Balaban J connectivity index is 1.80. The van der Waals surface area contributed by atoms with Gasteiger partial charge in [0.25, 0.3) is 0 Å². The summed E-state index contributed by atoms with van der Waals surface area (Å²) in [5, 5.41) is 3.04. The lowest BCUT2D eigenvalue weighted by molar-refractivity contribution is 0.0954. The normalized spacial score (nSPS) is 20.9. The number of benzene rings is 2. The summed E-state index contributed by atoms with van der Waals surface area (Å²) in [5.74, 6) is 0.0406. The van der Waals surface area contributed by atoms with E-state index in [0.717, 1.165) is 11.3 Å². The van der Waals surface area contributed by atoms with Crippen LogP contribution in [0.5, 0.6) is 0 Å². The van der Waals surface area contributed by atoms with Crippen LogP contribution in [0.4, 0.5) is 5.69 Å². The fraction of sp³-hybridized carbons (Fsp3) is 0.188. The third kappa shape index (κ3) is 2.25. The van der Waals surface area contributed by atoms with Crippen molar-refractivity contribution in [1.29, 1.82) is 0 Å². The predicted octanol–water partition coefficient (Wildman–Crippen LogP) is 3.05. The van der Waals surface area contributed by atoms with Crippen LogP contribution in [0.1, 0.15) is 22.0 Å². The van der Waals surface area contributed by atoms with Crippen molar-refractivity contribution in [3.8, 4) is 0 Å². The highest BCUT2D eigenvalue weighted by atomic mass is 16.6. The fourth-order valence-corrected chi connectivity index (χ4v) is 2.28. The summed E-state index contributed by atoms with van der Waals surface area (Å²) in [4.78, 5) is 12.4. The summed E-state index contributed by atoms with van der Waals surface area (Å²) < 4.78 is 5.54. The van der Waals surface area contributed by atoms with Crippen LogP contribution < -0.4 is 5.32 Å². The van der Waals surface area contributed by atoms with Gasteiger partial charge in [-0.3, -0.25) is 4.79 Å². The summed E-state index contributed by atoms with van der Waals surface area (Å²) in [6.07, 6.45) is -0.449. The molecule has 0 spiro atoms. The van der Waals surface area contributed by atoms with Crippen LogP contribution in [-0.2, 0) is 4.74 Å². The number of nitrogens with one attached hydrogen (secondary N) is 1. The van der Waals surface area contributed by atoms with Gasteiger partial charge in [0, 0.05) is 18.3 Å². The average molecular weight is 253 g/mol. The molecule has 3 nitrogen and oxygen atoms in total. The molecule has 0 aliphatic carbocycles. The first-order chi connectivity index (χ1) is 9.31. The Morgan fingerprint density at radius 2 is 1.74 bits per heavy atom. The SMILES string of the molecule is CNc1ccccc1C(=O)[C@H]1O[C@@H]1c1ccccc1. The highest BCUT2D eigenvalue weighted by molar-refractivity contribution is 6.05. The van der Waals surface area contributed by atoms with E-state index in [2.05, 4.69) is 5.32 Å². The van der Waals surface area contributed by atoms with Gasteiger partial charge in [-0.2, -0.15) is 0 Å². The van der Waals surface area contributed by atoms with E-state index in [0.29, 0.717) is 5.56 Å². The number of anilines is 1. The van der Waals surface area contributed by atoms with E-state index in [1.165, 1.54) is 0 Å². The molecule has 0 bridgehead atoms. The van der Waals surface area contributed by atoms with E-state index >= 15 is 0 Å². The number of epoxide rings is 1. The number of Topliss-reactive ketones (excluding diaryl/α,β-unsaturated/α-hetero) is 1. The second kappa shape index (κ2) is 4.86. The van der Waals surface area contributed by atoms with Crippen molar-refractivity contribution in [2.75, 3.05) is 12.4 Å². The highest BCUT2D eigenvalue weighted by Crippen LogP contribution is 2.41. The van der Waals surface area contributed by atoms with Crippen LogP contribution in [0.25, 0.3) is 0 Å². The minimum absolute atomic E-state index is 0.0406. The summed E-state index contributed by atoms with van der Waals surface area (Å²) in [6, 6.07) is 17.4. The number of hydrogen-bond donors (Lipinski definition) is 1. The van der Waals surface area contributed by atoms with Gasteiger partial charge in [-0.05, 0) is 17.7 Å². The maximum Gasteiger partial charge on any atom is 0.196 e. The van der Waals surface area contributed by atoms with Crippen molar-refractivity contribution in [3.63, 3.8) is 0 Å². The van der Waals surface area contributed by atoms with Crippen LogP contribution >= 0.6 is 0 Å². The molecule has 0 amide bonds. The molecule has 0 unspecified atom stereocenters. The van der Waals surface area contributed by atoms with Crippen LogP contribution in [0, 0.1) is 0 Å². The van der Waals surface area contributed by atoms with Crippen molar-refractivity contribution >= 4 is 11.5 Å². The van der Waals surface area contributed by atoms with E-state index in [1.807, 2.05) is 61.6 Å². The molecule has 1 saturated heterocycles. The maximum absolute atomic E-state index is 12.4. The molecule has 0 saturated carbocycles. The fourth-order valence-electron chi connectivity index (χ4n) is 2.28. The minimum atomic E-state index is -0.350. The molecule has 2 atom stereocenters. The zero-order valence-electron chi connectivity index (χ0n) is 10.7. The third-order valence-corrected chi connectivity index (χ3v) is 3.34. The van der Waals surface area contributed by atoms with E-state index in [9.17, 15) is 4.79 Å². The van der Waals surface area contributed by atoms with Crippen LogP contribution in [0.3, 0.4) is 0 Å². The Labute approximate surface area is 112 Å². The second-order valence-corrected chi connectivity index (χ2v) is 4.55. The molecule has 0 radical (unpaired) electrons.